The molecule has 0 radical (unpaired) electrons. The zero-order chi connectivity index (χ0) is 13.4. The van der Waals surface area contributed by atoms with Gasteiger partial charge < -0.3 is 10.1 Å². The van der Waals surface area contributed by atoms with E-state index in [9.17, 15) is 4.79 Å². The number of carbonyl (C=O) groups excluding carboxylic acids is 1. The van der Waals surface area contributed by atoms with Crippen LogP contribution in [0.4, 0.5) is 0 Å². The Kier molecular flexibility index (Phi) is 5.95. The van der Waals surface area contributed by atoms with Crippen LogP contribution in [0.3, 0.4) is 0 Å². The van der Waals surface area contributed by atoms with Gasteiger partial charge in [-0.3, -0.25) is 4.79 Å². The van der Waals surface area contributed by atoms with Crippen LogP contribution in [0.25, 0.3) is 10.4 Å². The fraction of sp³-hybridized carbons (Fsp3) is 0.917. The van der Waals surface area contributed by atoms with Gasteiger partial charge >= 0.3 is 5.97 Å². The standard InChI is InChI=1S/C12H22N4O2/c1-12(11(17)18-2,14-8-9-15-16-13)10-6-4-3-5-7-10/h10,14H,3-9H2,1-2H3. The van der Waals surface area contributed by atoms with E-state index in [2.05, 4.69) is 15.3 Å². The molecule has 1 N–H and O–H groups in total. The van der Waals surface area contributed by atoms with Gasteiger partial charge in [0.05, 0.1) is 7.11 Å². The van der Waals surface area contributed by atoms with Crippen molar-refractivity contribution in [3.05, 3.63) is 10.4 Å². The van der Waals surface area contributed by atoms with Crippen LogP contribution in [-0.2, 0) is 9.53 Å². The lowest BCUT2D eigenvalue weighted by Gasteiger charge is -2.38. The number of esters is 1. The highest BCUT2D eigenvalue weighted by Gasteiger charge is 2.41. The van der Waals surface area contributed by atoms with Gasteiger partial charge in [0.2, 0.25) is 0 Å². The first kappa shape index (κ1) is 14.8. The largest absolute Gasteiger partial charge is 0.468 e. The number of carbonyl (C=O) groups is 1. The Balaban J connectivity index is 2.67. The van der Waals surface area contributed by atoms with Crippen LogP contribution in [0.5, 0.6) is 0 Å². The van der Waals surface area contributed by atoms with Gasteiger partial charge in [-0.05, 0) is 31.2 Å². The molecule has 6 nitrogen and oxygen atoms in total. The Labute approximate surface area is 108 Å². The van der Waals surface area contributed by atoms with Gasteiger partial charge in [0.15, 0.2) is 0 Å². The number of ether oxygens (including phenoxy) is 1. The summed E-state index contributed by atoms with van der Waals surface area (Å²) >= 11 is 0. The van der Waals surface area contributed by atoms with Crippen molar-refractivity contribution in [3.63, 3.8) is 0 Å². The lowest BCUT2D eigenvalue weighted by atomic mass is 9.75. The van der Waals surface area contributed by atoms with Crippen LogP contribution in [0, 0.1) is 5.92 Å². The van der Waals surface area contributed by atoms with E-state index in [1.54, 1.807) is 0 Å². The summed E-state index contributed by atoms with van der Waals surface area (Å²) in [4.78, 5) is 14.7. The van der Waals surface area contributed by atoms with E-state index in [0.717, 1.165) is 25.7 Å². The second kappa shape index (κ2) is 7.24. The topological polar surface area (TPSA) is 87.1 Å². The molecule has 0 amide bonds. The van der Waals surface area contributed by atoms with E-state index >= 15 is 0 Å². The minimum atomic E-state index is -0.667. The molecule has 1 aliphatic rings. The molecule has 0 bridgehead atoms. The van der Waals surface area contributed by atoms with Crippen molar-refractivity contribution >= 4 is 5.97 Å². The van der Waals surface area contributed by atoms with E-state index in [4.69, 9.17) is 10.3 Å². The van der Waals surface area contributed by atoms with Crippen molar-refractivity contribution in [2.75, 3.05) is 20.2 Å². The van der Waals surface area contributed by atoms with Crippen LogP contribution in [-0.4, -0.2) is 31.7 Å². The quantitative estimate of drug-likeness (QED) is 0.259. The molecular weight excluding hydrogens is 232 g/mol. The van der Waals surface area contributed by atoms with Gasteiger partial charge in [-0.25, -0.2) is 0 Å². The molecule has 0 spiro atoms. The molecule has 0 heterocycles. The fourth-order valence-electron chi connectivity index (χ4n) is 2.69. The summed E-state index contributed by atoms with van der Waals surface area (Å²) in [6, 6.07) is 0. The van der Waals surface area contributed by atoms with E-state index in [1.807, 2.05) is 6.92 Å². The van der Waals surface area contributed by atoms with E-state index in [-0.39, 0.29) is 5.97 Å². The zero-order valence-electron chi connectivity index (χ0n) is 11.2. The van der Waals surface area contributed by atoms with Crippen molar-refractivity contribution in [3.8, 4) is 0 Å². The Morgan fingerprint density at radius 2 is 2.17 bits per heavy atom. The summed E-state index contributed by atoms with van der Waals surface area (Å²) in [5.74, 6) is 0.0695. The predicted molar refractivity (Wildman–Crippen MR) is 69.0 cm³/mol. The third-order valence-corrected chi connectivity index (χ3v) is 3.80. The lowest BCUT2D eigenvalue weighted by molar-refractivity contribution is -0.151. The molecule has 102 valence electrons. The van der Waals surface area contributed by atoms with Gasteiger partial charge in [-0.2, -0.15) is 0 Å². The van der Waals surface area contributed by atoms with E-state index in [1.165, 1.54) is 13.5 Å². The molecule has 1 unspecified atom stereocenters. The first-order valence-corrected chi connectivity index (χ1v) is 6.49. The fourth-order valence-corrected chi connectivity index (χ4v) is 2.69. The van der Waals surface area contributed by atoms with E-state index in [0.29, 0.717) is 19.0 Å². The lowest BCUT2D eigenvalue weighted by Crippen LogP contribution is -2.56. The van der Waals surface area contributed by atoms with Crippen LogP contribution in [0.2, 0.25) is 0 Å². The number of rotatable bonds is 6. The summed E-state index contributed by atoms with van der Waals surface area (Å²) in [6.45, 7) is 2.73. The summed E-state index contributed by atoms with van der Waals surface area (Å²) in [6.07, 6.45) is 5.65. The first-order chi connectivity index (χ1) is 8.65. The Bertz CT molecular complexity index is 322. The third kappa shape index (κ3) is 3.62. The molecule has 1 saturated carbocycles. The molecule has 1 rings (SSSR count). The summed E-state index contributed by atoms with van der Waals surface area (Å²) in [5, 5.41) is 6.68. The number of methoxy groups -OCH3 is 1. The molecular formula is C12H22N4O2. The normalized spacial score (nSPS) is 19.7. The number of hydrogen-bond acceptors (Lipinski definition) is 4. The Hall–Kier alpha value is -1.26. The molecule has 1 atom stereocenters. The van der Waals surface area contributed by atoms with Crippen LogP contribution in [0.1, 0.15) is 39.0 Å². The second-order valence-corrected chi connectivity index (χ2v) is 4.91. The smallest absolute Gasteiger partial charge is 0.326 e. The molecule has 0 aromatic rings. The number of azide groups is 1. The minimum Gasteiger partial charge on any atom is -0.468 e. The van der Waals surface area contributed by atoms with Crippen molar-refractivity contribution < 1.29 is 9.53 Å². The number of hydrogen-bond donors (Lipinski definition) is 1. The molecule has 0 saturated heterocycles. The van der Waals surface area contributed by atoms with Gasteiger partial charge in [0.1, 0.15) is 5.54 Å². The van der Waals surface area contributed by atoms with Crippen LogP contribution < -0.4 is 5.32 Å². The molecule has 6 heteroatoms. The highest BCUT2D eigenvalue weighted by molar-refractivity contribution is 5.80. The van der Waals surface area contributed by atoms with Crippen molar-refractivity contribution in [2.24, 2.45) is 11.0 Å². The maximum absolute atomic E-state index is 12.0. The first-order valence-electron chi connectivity index (χ1n) is 6.49. The Morgan fingerprint density at radius 1 is 1.50 bits per heavy atom. The zero-order valence-corrected chi connectivity index (χ0v) is 11.2. The molecule has 0 aromatic carbocycles. The second-order valence-electron chi connectivity index (χ2n) is 4.91. The molecule has 18 heavy (non-hydrogen) atoms. The third-order valence-electron chi connectivity index (χ3n) is 3.80. The van der Waals surface area contributed by atoms with Gasteiger partial charge in [-0.15, -0.1) is 0 Å². The molecule has 0 aromatic heterocycles. The SMILES string of the molecule is COC(=O)C(C)(NCCN=[N+]=[N-])C1CCCCC1. The van der Waals surface area contributed by atoms with E-state index < -0.39 is 5.54 Å². The van der Waals surface area contributed by atoms with Crippen molar-refractivity contribution in [1.82, 2.24) is 5.32 Å². The van der Waals surface area contributed by atoms with Gasteiger partial charge in [-0.1, -0.05) is 24.4 Å². The van der Waals surface area contributed by atoms with Crippen LogP contribution >= 0.6 is 0 Å². The minimum absolute atomic E-state index is 0.227. The summed E-state index contributed by atoms with van der Waals surface area (Å²) in [7, 11) is 1.42. The molecule has 0 aliphatic heterocycles. The maximum atomic E-state index is 12.0. The average Bonchev–Trinajstić information content (AvgIpc) is 2.43. The predicted octanol–water partition coefficient (Wildman–Crippen LogP) is 2.40. The molecule has 1 aliphatic carbocycles. The highest BCUT2D eigenvalue weighted by Crippen LogP contribution is 2.33. The number of nitrogens with one attached hydrogen (secondary N) is 1. The summed E-state index contributed by atoms with van der Waals surface area (Å²) in [5.41, 5.74) is 7.57. The number of nitrogens with zero attached hydrogens (tertiary/aromatic N) is 3. The maximum Gasteiger partial charge on any atom is 0.326 e. The molecule has 1 fully saturated rings. The van der Waals surface area contributed by atoms with Crippen molar-refractivity contribution in [1.29, 1.82) is 0 Å². The monoisotopic (exact) mass is 254 g/mol. The van der Waals surface area contributed by atoms with Crippen LogP contribution in [0.15, 0.2) is 5.11 Å². The Morgan fingerprint density at radius 3 is 2.72 bits per heavy atom. The average molecular weight is 254 g/mol. The van der Waals surface area contributed by atoms with Gasteiger partial charge in [0, 0.05) is 18.0 Å². The van der Waals surface area contributed by atoms with Gasteiger partial charge in [0.25, 0.3) is 0 Å². The highest BCUT2D eigenvalue weighted by atomic mass is 16.5. The van der Waals surface area contributed by atoms with Crippen molar-refractivity contribution in [2.45, 2.75) is 44.6 Å². The summed E-state index contributed by atoms with van der Waals surface area (Å²) < 4.78 is 4.92.